The number of hydrogen-bond donors (Lipinski definition) is 0. The van der Waals surface area contributed by atoms with Crippen LogP contribution in [0.4, 0.5) is 0 Å². The molecule has 25 heteroatoms. The van der Waals surface area contributed by atoms with Crippen molar-refractivity contribution in [1.82, 2.24) is 29.9 Å². The molecule has 0 aliphatic heterocycles. The lowest BCUT2D eigenvalue weighted by Gasteiger charge is -2.24. The second-order valence-corrected chi connectivity index (χ2v) is 37.4. The first-order valence-electron chi connectivity index (χ1n) is 47.6. The quantitative estimate of drug-likeness (QED) is 0.0708. The highest BCUT2D eigenvalue weighted by molar-refractivity contribution is 6.71. The maximum Gasteiger partial charge on any atom is 0.159 e. The second-order valence-electron chi connectivity index (χ2n) is 37.4. The summed E-state index contributed by atoms with van der Waals surface area (Å²) < 4.78 is 0. The van der Waals surface area contributed by atoms with Crippen molar-refractivity contribution in [1.29, 1.82) is 0 Å². The van der Waals surface area contributed by atoms with Crippen molar-refractivity contribution < 1.29 is 0 Å². The maximum absolute atomic E-state index is 6.63. The van der Waals surface area contributed by atoms with Gasteiger partial charge in [0.15, 0.2) is 5.82 Å². The molecule has 0 N–H and O–H groups in total. The van der Waals surface area contributed by atoms with Crippen LogP contribution in [0.15, 0.2) is 350 Å². The topological polar surface area (TPSA) is 77.3 Å². The molecule has 5 aromatic heterocycles. The summed E-state index contributed by atoms with van der Waals surface area (Å²) in [4.78, 5) is 29.5. The average molecular weight is 1810 g/mol. The molecule has 3 atom stereocenters. The number of hydrogen-bond acceptors (Lipinski definition) is 6. The van der Waals surface area contributed by atoms with Gasteiger partial charge in [-0.3, -0.25) is 19.9 Å². The molecule has 3 aliphatic carbocycles. The summed E-state index contributed by atoms with van der Waals surface area (Å²) in [5.41, 5.74) is 40.3. The standard InChI is InChI=1S/C121H69B19N6/c1-59-46-93(143-55-89(59)98-102(122)110(130)111(131)103(98)123)67-30-22-63(23-31-67)77-14-5-8-18-81(77)73-50-74(82-19-9-6-15-78(82)64-24-32-68(33-25-64)94-47-60(2)90(56-144-94)99-104(124)112(132)118(138)113(133)105(99)125)52-75(51-73)84-42-43-86(97(84)71-38-40-72(41-39-71)121-141-44-13-45-142-121)88-54-76(83-20-10-7-16-79(83)65-26-34-69(35-27-65)95-48-61(3)91(57-145-95)100-106(126)114(134)119(139)115(135)107(100)127)53-87(88)85-21-12-11-17-80(85)66-28-36-70(37-29-66)96-49-62(4)92(58-146-96)101-108(128)116(136)120(140)117(137)109(101)129/h5-58,84,88,110H,1-4H3. The van der Waals surface area contributed by atoms with E-state index in [1.54, 1.807) is 37.2 Å². The van der Waals surface area contributed by atoms with Gasteiger partial charge in [-0.05, 0) is 226 Å². The predicted octanol–water partition coefficient (Wildman–Crippen LogP) is 10.8. The van der Waals surface area contributed by atoms with Crippen LogP contribution >= 0.6 is 0 Å². The lowest BCUT2D eigenvalue weighted by Crippen LogP contribution is -2.55. The van der Waals surface area contributed by atoms with Crippen LogP contribution < -0.4 is 81.9 Å². The molecule has 640 valence electrons. The van der Waals surface area contributed by atoms with Crippen molar-refractivity contribution in [3.05, 3.63) is 400 Å². The van der Waals surface area contributed by atoms with E-state index >= 15 is 0 Å². The first-order chi connectivity index (χ1) is 70.5. The van der Waals surface area contributed by atoms with Gasteiger partial charge in [-0.25, -0.2) is 9.97 Å². The molecular formula is C121H69B19N6. The van der Waals surface area contributed by atoms with E-state index in [0.717, 1.165) is 190 Å². The van der Waals surface area contributed by atoms with Gasteiger partial charge in [0.25, 0.3) is 0 Å². The summed E-state index contributed by atoms with van der Waals surface area (Å²) in [6, 6.07) is 94.3. The largest absolute Gasteiger partial charge is 0.256 e. The van der Waals surface area contributed by atoms with E-state index < -0.39 is 5.82 Å². The molecule has 6 nitrogen and oxygen atoms in total. The van der Waals surface area contributed by atoms with Crippen LogP contribution in [0, 0.1) is 33.6 Å². The molecule has 0 fully saturated rings. The molecule has 5 heterocycles. The molecule has 0 spiro atoms. The molecule has 18 aromatic rings. The van der Waals surface area contributed by atoms with Crippen molar-refractivity contribution >= 4 is 253 Å². The van der Waals surface area contributed by atoms with Gasteiger partial charge in [0, 0.05) is 99.1 Å². The Bertz CT molecular complexity index is 8590. The van der Waals surface area contributed by atoms with Gasteiger partial charge in [-0.1, -0.05) is 287 Å². The second kappa shape index (κ2) is 39.6. The fraction of sp³-hybridized carbons (Fsp3) is 0.0579. The summed E-state index contributed by atoms with van der Waals surface area (Å²) >= 11 is 0. The minimum absolute atomic E-state index is 0.140. The third-order valence-electron chi connectivity index (χ3n) is 28.8. The molecule has 21 rings (SSSR count). The number of rotatable bonds is 20. The van der Waals surface area contributed by atoms with Crippen LogP contribution in [0.3, 0.4) is 0 Å². The Morgan fingerprint density at radius 3 is 0.884 bits per heavy atom. The summed E-state index contributed by atoms with van der Waals surface area (Å²) in [6.45, 7) is 7.95. The van der Waals surface area contributed by atoms with E-state index in [0.29, 0.717) is 61.2 Å². The van der Waals surface area contributed by atoms with Gasteiger partial charge in [-0.15, -0.1) is 65.6 Å². The summed E-state index contributed by atoms with van der Waals surface area (Å²) in [5.74, 6) is -0.817. The Labute approximate surface area is 878 Å². The van der Waals surface area contributed by atoms with Gasteiger partial charge < -0.3 is 0 Å². The number of nitrogens with zero attached hydrogens (tertiary/aromatic N) is 6. The lowest BCUT2D eigenvalue weighted by molar-refractivity contribution is 1.04. The van der Waals surface area contributed by atoms with E-state index in [2.05, 4.69) is 261 Å². The highest BCUT2D eigenvalue weighted by Gasteiger charge is 2.36. The average Bonchev–Trinajstić information content (AvgIpc) is 1.57. The molecule has 3 unspecified atom stereocenters. The predicted molar refractivity (Wildman–Crippen MR) is 627 cm³/mol. The van der Waals surface area contributed by atoms with Crippen LogP contribution in [-0.4, -0.2) is 179 Å². The molecular weight excluding hydrogens is 1740 g/mol. The smallest absolute Gasteiger partial charge is 0.159 e. The molecule has 0 bridgehead atoms. The molecule has 0 amide bonds. The van der Waals surface area contributed by atoms with Crippen molar-refractivity contribution in [2.24, 2.45) is 5.92 Å². The summed E-state index contributed by atoms with van der Waals surface area (Å²) in [6.07, 6.45) is 20.2. The normalized spacial score (nSPS) is 14.5. The molecule has 0 saturated heterocycles. The van der Waals surface area contributed by atoms with Crippen LogP contribution in [0.2, 0.25) is 5.82 Å². The Balaban J connectivity index is 0.719. The molecule has 0 saturated carbocycles. The Morgan fingerprint density at radius 2 is 0.541 bits per heavy atom. The van der Waals surface area contributed by atoms with Gasteiger partial charge in [0.1, 0.15) is 141 Å². The van der Waals surface area contributed by atoms with E-state index in [1.807, 2.05) is 58.0 Å². The lowest BCUT2D eigenvalue weighted by atomic mass is 9.59. The first-order valence-corrected chi connectivity index (χ1v) is 47.6. The van der Waals surface area contributed by atoms with E-state index in [-0.39, 0.29) is 93.8 Å². The van der Waals surface area contributed by atoms with Gasteiger partial charge in [0.05, 0.1) is 30.6 Å². The van der Waals surface area contributed by atoms with Crippen molar-refractivity contribution in [3.63, 3.8) is 0 Å². The van der Waals surface area contributed by atoms with E-state index in [9.17, 15) is 0 Å². The highest BCUT2D eigenvalue weighted by Crippen LogP contribution is 2.54. The van der Waals surface area contributed by atoms with Crippen molar-refractivity contribution in [3.8, 4) is 157 Å². The van der Waals surface area contributed by atoms with Crippen LogP contribution in [0.25, 0.3) is 179 Å². The van der Waals surface area contributed by atoms with Crippen molar-refractivity contribution in [2.75, 3.05) is 0 Å². The monoisotopic (exact) mass is 1810 g/mol. The van der Waals surface area contributed by atoms with Crippen LogP contribution in [-0.2, 0) is 0 Å². The fourth-order valence-electron chi connectivity index (χ4n) is 20.7. The number of benzene rings is 13. The zero-order chi connectivity index (χ0) is 102. The van der Waals surface area contributed by atoms with Gasteiger partial charge >= 0.3 is 0 Å². The van der Waals surface area contributed by atoms with Gasteiger partial charge in [-0.2, -0.15) is 0 Å². The fourth-order valence-corrected chi connectivity index (χ4v) is 20.7. The molecule has 3 aliphatic rings. The zero-order valence-corrected chi connectivity index (χ0v) is 80.6. The molecule has 13 aromatic carbocycles. The van der Waals surface area contributed by atoms with Crippen LogP contribution in [0.1, 0.15) is 56.0 Å². The minimum Gasteiger partial charge on any atom is -0.256 e. The number of aromatic nitrogens is 6. The Kier molecular flexibility index (Phi) is 26.4. The number of pyridine rings is 4. The third-order valence-corrected chi connectivity index (χ3v) is 28.8. The number of aryl methyl sites for hydroxylation is 4. The zero-order valence-electron chi connectivity index (χ0n) is 80.6. The summed E-state index contributed by atoms with van der Waals surface area (Å²) in [7, 11) is 123. The number of allylic oxidation sites excluding steroid dienone is 12. The van der Waals surface area contributed by atoms with E-state index in [1.165, 1.54) is 0 Å². The first kappa shape index (κ1) is 97.3. The highest BCUT2D eigenvalue weighted by atomic mass is 14.9. The minimum atomic E-state index is -0.680. The third kappa shape index (κ3) is 17.5. The maximum atomic E-state index is 6.63. The summed E-state index contributed by atoms with van der Waals surface area (Å²) in [5, 5.41) is 0. The molecule has 146 heavy (non-hydrogen) atoms. The van der Waals surface area contributed by atoms with Gasteiger partial charge in [0.2, 0.25) is 0 Å². The van der Waals surface area contributed by atoms with Crippen molar-refractivity contribution in [2.45, 2.75) is 39.4 Å². The Morgan fingerprint density at radius 1 is 0.247 bits per heavy atom. The molecule has 38 radical (unpaired) electrons. The Hall–Kier alpha value is -14.8. The van der Waals surface area contributed by atoms with Crippen LogP contribution in [0.5, 0.6) is 0 Å². The van der Waals surface area contributed by atoms with E-state index in [4.69, 9.17) is 179 Å². The SMILES string of the molecule is [B]C1=C([B])C([B])C([B])=C1c1cnc(-c2ccc(-c3ccccc3-c3cc(-c4ccccc4-c4ccc(-c5cc(C)c(-c6c([B])c([B])c([B])c([B])c6[B])cn5)cc4)cc(C4C=CC(C5C=C(c6ccccc6-c6ccc(-c7cc(C)c(-c8c([B])c([B])c([B])c([B])c8[B])cn7)cc6)C=C5c5ccccc5-c5ccc(-c6cc(C)c(-c7c([B])c([B])c([B])c([B])c7[B])cn6)cc5)=C4c4ccc(-c5ncccn5)cc4)c3)cc2)cc1C.